The van der Waals surface area contributed by atoms with E-state index in [2.05, 4.69) is 10.3 Å². The van der Waals surface area contributed by atoms with Crippen LogP contribution in [-0.2, 0) is 4.79 Å². The van der Waals surface area contributed by atoms with Gasteiger partial charge in [-0.15, -0.1) is 0 Å². The molecule has 9 nitrogen and oxygen atoms in total. The summed E-state index contributed by atoms with van der Waals surface area (Å²) in [7, 11) is 1.41. The number of rotatable bonds is 6. The van der Waals surface area contributed by atoms with Crippen LogP contribution in [0.1, 0.15) is 23.0 Å². The Morgan fingerprint density at radius 3 is 2.43 bits per heavy atom. The molecule has 0 saturated carbocycles. The van der Waals surface area contributed by atoms with Crippen LogP contribution in [-0.4, -0.2) is 62.7 Å². The third kappa shape index (κ3) is 4.22. The second-order valence-electron chi connectivity index (χ2n) is 8.64. The number of fused-ring (bicyclic) bond motifs is 1. The third-order valence-corrected chi connectivity index (χ3v) is 6.29. The number of aliphatic carboxylic acids is 1. The number of nitrogens with one attached hydrogen (secondary N) is 1. The van der Waals surface area contributed by atoms with Crippen LogP contribution in [0.15, 0.2) is 71.5 Å². The van der Waals surface area contributed by atoms with Crippen molar-refractivity contribution in [1.29, 1.82) is 0 Å². The Hall–Kier alpha value is -4.24. The topological polar surface area (TPSA) is 109 Å². The minimum Gasteiger partial charge on any atom is -0.480 e. The van der Waals surface area contributed by atoms with Gasteiger partial charge in [-0.3, -0.25) is 18.7 Å². The summed E-state index contributed by atoms with van der Waals surface area (Å²) in [6.07, 6.45) is 0.769. The highest BCUT2D eigenvalue weighted by molar-refractivity contribution is 5.95. The molecule has 1 aliphatic heterocycles. The molecular weight excluding hydrogens is 446 g/mol. The van der Waals surface area contributed by atoms with E-state index in [1.165, 1.54) is 13.1 Å². The van der Waals surface area contributed by atoms with Crippen LogP contribution in [0, 0.1) is 0 Å². The Labute approximate surface area is 201 Å². The molecule has 1 saturated heterocycles. The fourth-order valence-electron chi connectivity index (χ4n) is 4.56. The van der Waals surface area contributed by atoms with Gasteiger partial charge < -0.3 is 15.3 Å². The molecule has 1 amide bonds. The number of hydrogen-bond acceptors (Lipinski definition) is 5. The number of carbonyl (C=O) groups excluding carboxylic acids is 1. The third-order valence-electron chi connectivity index (χ3n) is 6.29. The summed E-state index contributed by atoms with van der Waals surface area (Å²) >= 11 is 0. The Morgan fingerprint density at radius 2 is 1.77 bits per heavy atom. The van der Waals surface area contributed by atoms with Crippen LogP contribution >= 0.6 is 0 Å². The minimum atomic E-state index is -1.11. The summed E-state index contributed by atoms with van der Waals surface area (Å²) in [5.74, 6) is -1.63. The maximum Gasteiger partial charge on any atom is 0.335 e. The van der Waals surface area contributed by atoms with E-state index in [1.54, 1.807) is 15.2 Å². The number of carboxylic acid groups (broad SMARTS) is 1. The lowest BCUT2D eigenvalue weighted by atomic mass is 10.1. The highest BCUT2D eigenvalue weighted by Crippen LogP contribution is 2.25. The van der Waals surface area contributed by atoms with Crippen molar-refractivity contribution >= 4 is 23.0 Å². The number of benzene rings is 2. The van der Waals surface area contributed by atoms with Gasteiger partial charge in [0, 0.05) is 13.6 Å². The number of carbonyl (C=O) groups is 2. The molecule has 0 spiro atoms. The number of imidazole rings is 1. The Bertz CT molecular complexity index is 1450. The predicted molar refractivity (Wildman–Crippen MR) is 132 cm³/mol. The van der Waals surface area contributed by atoms with Crippen LogP contribution in [0.3, 0.4) is 0 Å². The van der Waals surface area contributed by atoms with Crippen molar-refractivity contribution in [3.63, 3.8) is 0 Å². The van der Waals surface area contributed by atoms with Gasteiger partial charge in [0.25, 0.3) is 5.91 Å². The fraction of sp³-hybridized carbons (Fsp3) is 0.231. The molecule has 4 aromatic rings. The maximum atomic E-state index is 13.7. The van der Waals surface area contributed by atoms with Crippen LogP contribution in [0.25, 0.3) is 28.0 Å². The van der Waals surface area contributed by atoms with Gasteiger partial charge in [0.1, 0.15) is 12.2 Å². The summed E-state index contributed by atoms with van der Waals surface area (Å²) in [6.45, 7) is 0.979. The lowest BCUT2D eigenvalue weighted by Crippen LogP contribution is -2.32. The van der Waals surface area contributed by atoms with Crippen LogP contribution in [0.4, 0.5) is 0 Å². The average molecular weight is 472 g/mol. The number of aromatic nitrogens is 3. The van der Waals surface area contributed by atoms with Gasteiger partial charge >= 0.3 is 11.7 Å². The van der Waals surface area contributed by atoms with Crippen molar-refractivity contribution < 1.29 is 14.7 Å². The molecule has 5 rings (SSSR count). The maximum absolute atomic E-state index is 13.7. The Balaban J connectivity index is 1.62. The van der Waals surface area contributed by atoms with Gasteiger partial charge in [0.15, 0.2) is 5.65 Å². The second-order valence-corrected chi connectivity index (χ2v) is 8.64. The molecule has 2 aromatic heterocycles. The summed E-state index contributed by atoms with van der Waals surface area (Å²) in [4.78, 5) is 43.1. The molecule has 0 bridgehead atoms. The minimum absolute atomic E-state index is 0.0931. The van der Waals surface area contributed by atoms with Crippen molar-refractivity contribution in [2.75, 3.05) is 26.7 Å². The zero-order valence-corrected chi connectivity index (χ0v) is 19.2. The van der Waals surface area contributed by atoms with Crippen LogP contribution < -0.4 is 11.0 Å². The molecule has 1 atom stereocenters. The second kappa shape index (κ2) is 9.19. The molecule has 0 aliphatic carbocycles. The lowest BCUT2D eigenvalue weighted by Gasteiger charge is -2.14. The number of hydrogen-bond donors (Lipinski definition) is 2. The number of carboxylic acids is 1. The lowest BCUT2D eigenvalue weighted by molar-refractivity contribution is -0.137. The predicted octanol–water partition coefficient (Wildman–Crippen LogP) is 2.55. The molecule has 2 N–H and O–H groups in total. The zero-order valence-electron chi connectivity index (χ0n) is 19.2. The van der Waals surface area contributed by atoms with Gasteiger partial charge in [-0.1, -0.05) is 42.5 Å². The summed E-state index contributed by atoms with van der Waals surface area (Å²) < 4.78 is 3.26. The van der Waals surface area contributed by atoms with Gasteiger partial charge in [-0.25, -0.2) is 9.78 Å². The fourth-order valence-corrected chi connectivity index (χ4v) is 4.56. The van der Waals surface area contributed by atoms with Crippen LogP contribution in [0.2, 0.25) is 0 Å². The molecule has 1 fully saturated rings. The Morgan fingerprint density at radius 1 is 1.06 bits per heavy atom. The van der Waals surface area contributed by atoms with E-state index in [0.29, 0.717) is 23.4 Å². The molecule has 0 radical (unpaired) electrons. The standard InChI is InChI=1S/C26H25N5O4/c1-29(16-23(32)33)25(34)21-11-12-22-24(28-21)31(20-13-14-27-15-20)26(35)30(22)19-9-7-18(8-10-19)17-5-3-2-4-6-17/h2-12,20,27H,13-16H2,1H3,(H,32,33)/t20-/m0/s1. The molecule has 3 heterocycles. The SMILES string of the molecule is CN(CC(=O)O)C(=O)c1ccc2c(n1)n([C@H]1CCNC1)c(=O)n2-c1ccc(-c2ccccc2)cc1. The molecule has 178 valence electrons. The van der Waals surface area contributed by atoms with E-state index < -0.39 is 18.4 Å². The number of likely N-dealkylation sites (N-methyl/N-ethyl adjacent to an activating group) is 1. The normalized spacial score (nSPS) is 15.4. The van der Waals surface area contributed by atoms with E-state index in [9.17, 15) is 14.4 Å². The van der Waals surface area contributed by atoms with Gasteiger partial charge in [-0.05, 0) is 48.4 Å². The molecule has 9 heteroatoms. The summed E-state index contributed by atoms with van der Waals surface area (Å²) in [5.41, 5.74) is 3.69. The molecule has 35 heavy (non-hydrogen) atoms. The van der Waals surface area contributed by atoms with E-state index in [-0.39, 0.29) is 17.4 Å². The first-order valence-electron chi connectivity index (χ1n) is 11.4. The zero-order chi connectivity index (χ0) is 24.5. The van der Waals surface area contributed by atoms with E-state index >= 15 is 0 Å². The summed E-state index contributed by atoms with van der Waals surface area (Å²) in [6, 6.07) is 20.9. The molecule has 2 aromatic carbocycles. The first-order valence-corrected chi connectivity index (χ1v) is 11.4. The number of nitrogens with zero attached hydrogens (tertiary/aromatic N) is 4. The number of amides is 1. The highest BCUT2D eigenvalue weighted by atomic mass is 16.4. The van der Waals surface area contributed by atoms with Crippen molar-refractivity contribution in [2.24, 2.45) is 0 Å². The van der Waals surface area contributed by atoms with Crippen molar-refractivity contribution in [3.8, 4) is 16.8 Å². The highest BCUT2D eigenvalue weighted by Gasteiger charge is 2.26. The van der Waals surface area contributed by atoms with E-state index in [0.717, 1.165) is 29.0 Å². The smallest absolute Gasteiger partial charge is 0.335 e. The first kappa shape index (κ1) is 22.5. The van der Waals surface area contributed by atoms with E-state index in [1.807, 2.05) is 54.6 Å². The summed E-state index contributed by atoms with van der Waals surface area (Å²) in [5, 5.41) is 12.3. The van der Waals surface area contributed by atoms with Gasteiger partial charge in [0.2, 0.25) is 0 Å². The van der Waals surface area contributed by atoms with Crippen LogP contribution in [0.5, 0.6) is 0 Å². The first-order chi connectivity index (χ1) is 16.9. The van der Waals surface area contributed by atoms with Crippen molar-refractivity contribution in [2.45, 2.75) is 12.5 Å². The molecular formula is C26H25N5O4. The van der Waals surface area contributed by atoms with Crippen molar-refractivity contribution in [3.05, 3.63) is 82.9 Å². The molecule has 0 unspecified atom stereocenters. The quantitative estimate of drug-likeness (QED) is 0.447. The van der Waals surface area contributed by atoms with Gasteiger partial charge in [-0.2, -0.15) is 0 Å². The largest absolute Gasteiger partial charge is 0.480 e. The van der Waals surface area contributed by atoms with E-state index in [4.69, 9.17) is 5.11 Å². The number of pyridine rings is 1. The van der Waals surface area contributed by atoms with Crippen molar-refractivity contribution in [1.82, 2.24) is 24.3 Å². The average Bonchev–Trinajstić information content (AvgIpc) is 3.48. The molecule has 1 aliphatic rings. The monoisotopic (exact) mass is 471 g/mol. The Kier molecular flexibility index (Phi) is 5.92. The van der Waals surface area contributed by atoms with Gasteiger partial charge in [0.05, 0.1) is 17.2 Å².